The zero-order chi connectivity index (χ0) is 13.8. The lowest BCUT2D eigenvalue weighted by Gasteiger charge is -2.21. The van der Waals surface area contributed by atoms with E-state index < -0.39 is 10.7 Å². The Hall–Kier alpha value is -1.30. The maximum atomic E-state index is 13.4. The molecular weight excluding hydrogens is 267 g/mol. The highest BCUT2D eigenvalue weighted by Gasteiger charge is 2.27. The van der Waals surface area contributed by atoms with Crippen LogP contribution in [-0.2, 0) is 0 Å². The zero-order valence-electron chi connectivity index (χ0n) is 10.8. The van der Waals surface area contributed by atoms with E-state index in [-0.39, 0.29) is 11.7 Å². The molecule has 2 atom stereocenters. The second kappa shape index (κ2) is 6.23. The summed E-state index contributed by atoms with van der Waals surface area (Å²) in [7, 11) is 0. The molecule has 0 saturated heterocycles. The van der Waals surface area contributed by atoms with Crippen molar-refractivity contribution in [1.29, 1.82) is 0 Å². The SMILES string of the molecule is CCSC1CCCC1Nc1cc(F)cc([N+](=O)[O-])c1. The van der Waals surface area contributed by atoms with Gasteiger partial charge in [0, 0.05) is 23.0 Å². The molecular formula is C13H17FN2O2S. The second-order valence-corrected chi connectivity index (χ2v) is 6.15. The van der Waals surface area contributed by atoms with Gasteiger partial charge in [0.2, 0.25) is 0 Å². The van der Waals surface area contributed by atoms with Gasteiger partial charge >= 0.3 is 0 Å². The third-order valence-corrected chi connectivity index (χ3v) is 4.60. The molecule has 1 aromatic rings. The number of hydrogen-bond acceptors (Lipinski definition) is 4. The van der Waals surface area contributed by atoms with Gasteiger partial charge in [-0.3, -0.25) is 10.1 Å². The van der Waals surface area contributed by atoms with Crippen LogP contribution in [0.5, 0.6) is 0 Å². The topological polar surface area (TPSA) is 55.2 Å². The van der Waals surface area contributed by atoms with Gasteiger partial charge in [0.25, 0.3) is 5.69 Å². The van der Waals surface area contributed by atoms with Crippen LogP contribution in [0.1, 0.15) is 26.2 Å². The number of halogens is 1. The molecule has 2 rings (SSSR count). The lowest BCUT2D eigenvalue weighted by Crippen LogP contribution is -2.26. The van der Waals surface area contributed by atoms with E-state index in [1.54, 1.807) is 0 Å². The lowest BCUT2D eigenvalue weighted by atomic mass is 10.2. The van der Waals surface area contributed by atoms with Crippen LogP contribution in [0, 0.1) is 15.9 Å². The van der Waals surface area contributed by atoms with Crippen LogP contribution in [0.3, 0.4) is 0 Å². The second-order valence-electron chi connectivity index (χ2n) is 4.63. The van der Waals surface area contributed by atoms with Gasteiger partial charge in [-0.1, -0.05) is 13.3 Å². The lowest BCUT2D eigenvalue weighted by molar-refractivity contribution is -0.385. The average Bonchev–Trinajstić information content (AvgIpc) is 2.76. The van der Waals surface area contributed by atoms with Crippen molar-refractivity contribution in [2.75, 3.05) is 11.1 Å². The van der Waals surface area contributed by atoms with Crippen molar-refractivity contribution in [2.24, 2.45) is 0 Å². The minimum atomic E-state index is -0.575. The van der Waals surface area contributed by atoms with Gasteiger partial charge in [-0.05, 0) is 24.7 Å². The minimum Gasteiger partial charge on any atom is -0.381 e. The Morgan fingerprint density at radius 3 is 2.95 bits per heavy atom. The van der Waals surface area contributed by atoms with Crippen molar-refractivity contribution in [2.45, 2.75) is 37.5 Å². The van der Waals surface area contributed by atoms with Crippen LogP contribution in [0.15, 0.2) is 18.2 Å². The standard InChI is InChI=1S/C13H17FN2O2S/c1-2-19-13-5-3-4-12(13)15-10-6-9(14)7-11(8-10)16(17)18/h6-8,12-13,15H,2-5H2,1H3. The number of rotatable bonds is 5. The van der Waals surface area contributed by atoms with Gasteiger partial charge in [-0.15, -0.1) is 0 Å². The number of anilines is 1. The van der Waals surface area contributed by atoms with E-state index in [1.165, 1.54) is 12.1 Å². The first-order valence-electron chi connectivity index (χ1n) is 6.43. The molecule has 0 aliphatic heterocycles. The monoisotopic (exact) mass is 284 g/mol. The molecule has 1 fully saturated rings. The van der Waals surface area contributed by atoms with Crippen LogP contribution < -0.4 is 5.32 Å². The molecule has 0 spiro atoms. The first-order chi connectivity index (χ1) is 9.10. The number of thioether (sulfide) groups is 1. The quantitative estimate of drug-likeness (QED) is 0.659. The highest BCUT2D eigenvalue weighted by atomic mass is 32.2. The van der Waals surface area contributed by atoms with Crippen molar-refractivity contribution in [3.05, 3.63) is 34.1 Å². The molecule has 0 amide bonds. The largest absolute Gasteiger partial charge is 0.381 e. The van der Waals surface area contributed by atoms with E-state index >= 15 is 0 Å². The third kappa shape index (κ3) is 3.59. The molecule has 4 nitrogen and oxygen atoms in total. The predicted octanol–water partition coefficient (Wildman–Crippen LogP) is 3.82. The number of benzene rings is 1. The predicted molar refractivity (Wildman–Crippen MR) is 76.2 cm³/mol. The van der Waals surface area contributed by atoms with Crippen molar-refractivity contribution in [1.82, 2.24) is 0 Å². The summed E-state index contributed by atoms with van der Waals surface area (Å²) in [5.74, 6) is 0.473. The average molecular weight is 284 g/mol. The number of nitro benzene ring substituents is 1. The number of non-ortho nitro benzene ring substituents is 1. The molecule has 104 valence electrons. The molecule has 1 N–H and O–H groups in total. The van der Waals surface area contributed by atoms with Crippen LogP contribution >= 0.6 is 11.8 Å². The molecule has 1 saturated carbocycles. The summed E-state index contributed by atoms with van der Waals surface area (Å²) in [4.78, 5) is 10.1. The first kappa shape index (κ1) is 14.1. The van der Waals surface area contributed by atoms with E-state index in [9.17, 15) is 14.5 Å². The van der Waals surface area contributed by atoms with Crippen LogP contribution in [-0.4, -0.2) is 22.0 Å². The summed E-state index contributed by atoms with van der Waals surface area (Å²) in [5.41, 5.74) is 0.292. The summed E-state index contributed by atoms with van der Waals surface area (Å²) in [6.07, 6.45) is 3.32. The summed E-state index contributed by atoms with van der Waals surface area (Å²) < 4.78 is 13.4. The van der Waals surface area contributed by atoms with Crippen molar-refractivity contribution in [3.8, 4) is 0 Å². The van der Waals surface area contributed by atoms with Gasteiger partial charge in [0.1, 0.15) is 5.82 Å². The van der Waals surface area contributed by atoms with E-state index in [0.29, 0.717) is 10.9 Å². The van der Waals surface area contributed by atoms with E-state index in [1.807, 2.05) is 11.8 Å². The molecule has 1 aliphatic rings. The Morgan fingerprint density at radius 2 is 2.26 bits per heavy atom. The third-order valence-electron chi connectivity index (χ3n) is 3.28. The van der Waals surface area contributed by atoms with E-state index in [2.05, 4.69) is 12.2 Å². The first-order valence-corrected chi connectivity index (χ1v) is 7.48. The summed E-state index contributed by atoms with van der Waals surface area (Å²) in [6.45, 7) is 2.12. The maximum absolute atomic E-state index is 13.4. The summed E-state index contributed by atoms with van der Waals surface area (Å²) in [6, 6.07) is 3.93. The fourth-order valence-electron chi connectivity index (χ4n) is 2.48. The molecule has 19 heavy (non-hydrogen) atoms. The highest BCUT2D eigenvalue weighted by Crippen LogP contribution is 2.32. The normalized spacial score (nSPS) is 22.4. The highest BCUT2D eigenvalue weighted by molar-refractivity contribution is 7.99. The summed E-state index contributed by atoms with van der Waals surface area (Å²) in [5, 5.41) is 14.5. The van der Waals surface area contributed by atoms with E-state index in [0.717, 1.165) is 31.1 Å². The molecule has 0 aromatic heterocycles. The van der Waals surface area contributed by atoms with Gasteiger partial charge < -0.3 is 5.32 Å². The molecule has 0 bridgehead atoms. The van der Waals surface area contributed by atoms with Crippen LogP contribution in [0.25, 0.3) is 0 Å². The van der Waals surface area contributed by atoms with E-state index in [4.69, 9.17) is 0 Å². The van der Waals surface area contributed by atoms with Crippen molar-refractivity contribution in [3.63, 3.8) is 0 Å². The van der Waals surface area contributed by atoms with Crippen molar-refractivity contribution < 1.29 is 9.31 Å². The summed E-state index contributed by atoms with van der Waals surface area (Å²) >= 11 is 1.89. The molecule has 0 radical (unpaired) electrons. The maximum Gasteiger partial charge on any atom is 0.274 e. The number of nitrogens with zero attached hydrogens (tertiary/aromatic N) is 1. The van der Waals surface area contributed by atoms with Crippen LogP contribution in [0.4, 0.5) is 15.8 Å². The smallest absolute Gasteiger partial charge is 0.274 e. The van der Waals surface area contributed by atoms with Gasteiger partial charge in [-0.25, -0.2) is 4.39 Å². The van der Waals surface area contributed by atoms with Crippen molar-refractivity contribution >= 4 is 23.1 Å². The molecule has 1 aliphatic carbocycles. The number of nitro groups is 1. The molecule has 2 unspecified atom stereocenters. The molecule has 0 heterocycles. The van der Waals surface area contributed by atoms with Crippen LogP contribution in [0.2, 0.25) is 0 Å². The Balaban J connectivity index is 2.12. The minimum absolute atomic E-state index is 0.208. The number of nitrogens with one attached hydrogen (secondary N) is 1. The molecule has 1 aromatic carbocycles. The fraction of sp³-hybridized carbons (Fsp3) is 0.538. The van der Waals surface area contributed by atoms with Gasteiger partial charge in [0.05, 0.1) is 11.0 Å². The fourth-order valence-corrected chi connectivity index (χ4v) is 3.68. The Kier molecular flexibility index (Phi) is 4.63. The molecule has 6 heteroatoms. The Morgan fingerprint density at radius 1 is 1.47 bits per heavy atom. The number of hydrogen-bond donors (Lipinski definition) is 1. The Labute approximate surface area is 115 Å². The Bertz CT molecular complexity index is 470. The van der Waals surface area contributed by atoms with Gasteiger partial charge in [0.15, 0.2) is 0 Å². The zero-order valence-corrected chi connectivity index (χ0v) is 11.6. The van der Waals surface area contributed by atoms with Gasteiger partial charge in [-0.2, -0.15) is 11.8 Å².